The predicted molar refractivity (Wildman–Crippen MR) is 139 cm³/mol. The minimum atomic E-state index is -0.649. The molecule has 0 bridgehead atoms. The minimum absolute atomic E-state index is 0. The number of nitrogens with zero attached hydrogens (tertiary/aromatic N) is 1. The van der Waals surface area contributed by atoms with Crippen LogP contribution in [0.1, 0.15) is 26.3 Å². The summed E-state index contributed by atoms with van der Waals surface area (Å²) in [6.07, 6.45) is 0. The molecule has 0 amide bonds. The third-order valence-electron chi connectivity index (χ3n) is 5.50. The van der Waals surface area contributed by atoms with Crippen LogP contribution in [0.2, 0.25) is 0 Å². The third kappa shape index (κ3) is 6.38. The molecule has 33 heavy (non-hydrogen) atoms. The third-order valence-corrected chi connectivity index (χ3v) is 8.00. The molecule has 170 valence electrons. The first-order chi connectivity index (χ1) is 15.5. The quantitative estimate of drug-likeness (QED) is 0.183. The van der Waals surface area contributed by atoms with E-state index in [0.29, 0.717) is 6.61 Å². The Balaban J connectivity index is 0.000000453. The van der Waals surface area contributed by atoms with Crippen LogP contribution in [0, 0.1) is 5.41 Å². The molecule has 0 aliphatic carbocycles. The summed E-state index contributed by atoms with van der Waals surface area (Å²) in [4.78, 5) is 4.94. The van der Waals surface area contributed by atoms with Crippen LogP contribution in [0.4, 0.5) is 0 Å². The number of benzene rings is 2. The molecule has 1 aliphatic heterocycles. The van der Waals surface area contributed by atoms with E-state index in [1.165, 1.54) is 15.9 Å². The van der Waals surface area contributed by atoms with Gasteiger partial charge in [0.05, 0.1) is 6.04 Å². The van der Waals surface area contributed by atoms with Crippen molar-refractivity contribution in [3.8, 4) is 0 Å². The molecule has 0 radical (unpaired) electrons. The van der Waals surface area contributed by atoms with Gasteiger partial charge in [-0.25, -0.2) is 24.3 Å². The molecular weight excluding hydrogens is 510 g/mol. The molecular formula is C29H30NOPRu. The molecule has 1 unspecified atom stereocenters. The van der Waals surface area contributed by atoms with Crippen LogP contribution in [0.5, 0.6) is 0 Å². The Morgan fingerprint density at radius 3 is 1.88 bits per heavy atom. The maximum absolute atomic E-state index is 6.06. The van der Waals surface area contributed by atoms with E-state index in [0.717, 1.165) is 11.5 Å². The molecule has 1 aliphatic rings. The molecule has 1 atom stereocenters. The first-order valence-electron chi connectivity index (χ1n) is 11.1. The molecule has 0 spiro atoms. The van der Waals surface area contributed by atoms with Crippen LogP contribution in [0.3, 0.4) is 0 Å². The topological polar surface area (TPSA) is 21.6 Å². The molecule has 0 saturated heterocycles. The fourth-order valence-corrected chi connectivity index (χ4v) is 6.09. The SMILES string of the molecule is CC(C)(C)C1COC([c-]2cccc2P(c2ccccc2)c2ccccc2)=N1.[Ru+2].c1cc[cH-]c1. The van der Waals surface area contributed by atoms with E-state index in [-0.39, 0.29) is 30.9 Å². The smallest absolute Gasteiger partial charge is 0.485 e. The molecule has 5 rings (SSSR count). The molecule has 4 aromatic carbocycles. The van der Waals surface area contributed by atoms with Gasteiger partial charge in [0.1, 0.15) is 6.61 Å². The Morgan fingerprint density at radius 2 is 1.42 bits per heavy atom. The Bertz CT molecular complexity index is 1050. The van der Waals surface area contributed by atoms with Gasteiger partial charge in [0.2, 0.25) is 0 Å². The standard InChI is InChI=1S/C24H25NOP.C5H5.Ru/c1-24(2,3)22-17-26-23(25-22)20-15-10-16-21(20)27(18-11-6-4-7-12-18)19-13-8-5-9-14-19;1-2-4-5-3-1;/h4-16,22H,17H2,1-3H3;1-5H;/q2*-1;+2. The summed E-state index contributed by atoms with van der Waals surface area (Å²) in [5, 5.41) is 4.00. The predicted octanol–water partition coefficient (Wildman–Crippen LogP) is 5.76. The fraction of sp³-hybridized carbons (Fsp3) is 0.207. The Hall–Kier alpha value is -2.34. The average Bonchev–Trinajstić information content (AvgIpc) is 3.58. The summed E-state index contributed by atoms with van der Waals surface area (Å²) in [6.45, 7) is 7.33. The van der Waals surface area contributed by atoms with Crippen molar-refractivity contribution in [3.05, 3.63) is 115 Å². The molecule has 4 aromatic rings. The van der Waals surface area contributed by atoms with Crippen molar-refractivity contribution in [2.75, 3.05) is 6.61 Å². The van der Waals surface area contributed by atoms with Crippen molar-refractivity contribution in [2.45, 2.75) is 26.8 Å². The summed E-state index contributed by atoms with van der Waals surface area (Å²) in [6, 6.07) is 38.3. The second-order valence-corrected chi connectivity index (χ2v) is 11.1. The van der Waals surface area contributed by atoms with E-state index in [2.05, 4.69) is 99.6 Å². The second kappa shape index (κ2) is 11.7. The molecule has 0 fully saturated rings. The van der Waals surface area contributed by atoms with Crippen molar-refractivity contribution in [3.63, 3.8) is 0 Å². The van der Waals surface area contributed by atoms with Crippen LogP contribution >= 0.6 is 7.92 Å². The van der Waals surface area contributed by atoms with Gasteiger partial charge in [-0.15, -0.1) is 5.30 Å². The zero-order valence-electron chi connectivity index (χ0n) is 19.3. The first kappa shape index (κ1) is 25.3. The Labute approximate surface area is 212 Å². The Kier molecular flexibility index (Phi) is 8.96. The summed E-state index contributed by atoms with van der Waals surface area (Å²) in [5.74, 6) is 0.800. The molecule has 0 aromatic heterocycles. The largest absolute Gasteiger partial charge is 2.00 e. The van der Waals surface area contributed by atoms with Gasteiger partial charge in [-0.3, -0.25) is 4.99 Å². The van der Waals surface area contributed by atoms with Crippen molar-refractivity contribution >= 4 is 29.7 Å². The van der Waals surface area contributed by atoms with E-state index in [1.807, 2.05) is 30.3 Å². The van der Waals surface area contributed by atoms with Crippen molar-refractivity contribution in [1.82, 2.24) is 0 Å². The van der Waals surface area contributed by atoms with E-state index >= 15 is 0 Å². The number of ether oxygens (including phenoxy) is 1. The van der Waals surface area contributed by atoms with Crippen LogP contribution in [0.25, 0.3) is 0 Å². The average molecular weight is 541 g/mol. The zero-order valence-corrected chi connectivity index (χ0v) is 22.0. The number of rotatable bonds is 4. The maximum atomic E-state index is 6.06. The van der Waals surface area contributed by atoms with E-state index < -0.39 is 7.92 Å². The molecule has 0 N–H and O–H groups in total. The van der Waals surface area contributed by atoms with Crippen molar-refractivity contribution < 1.29 is 24.2 Å². The first-order valence-corrected chi connectivity index (χ1v) is 12.4. The minimum Gasteiger partial charge on any atom is -0.485 e. The van der Waals surface area contributed by atoms with Crippen molar-refractivity contribution in [1.29, 1.82) is 0 Å². The Morgan fingerprint density at radius 1 is 0.848 bits per heavy atom. The van der Waals surface area contributed by atoms with Crippen molar-refractivity contribution in [2.24, 2.45) is 10.4 Å². The van der Waals surface area contributed by atoms with Gasteiger partial charge in [0, 0.05) is 0 Å². The van der Waals surface area contributed by atoms with Gasteiger partial charge in [-0.1, -0.05) is 87.0 Å². The van der Waals surface area contributed by atoms with Gasteiger partial charge in [0.25, 0.3) is 0 Å². The second-order valence-electron chi connectivity index (χ2n) is 8.92. The summed E-state index contributed by atoms with van der Waals surface area (Å²) >= 11 is 0. The zero-order chi connectivity index (χ0) is 22.4. The van der Waals surface area contributed by atoms with E-state index in [4.69, 9.17) is 9.73 Å². The van der Waals surface area contributed by atoms with Gasteiger partial charge in [0.15, 0.2) is 5.90 Å². The normalized spacial score (nSPS) is 15.2. The maximum Gasteiger partial charge on any atom is 2.00 e. The summed E-state index contributed by atoms with van der Waals surface area (Å²) in [5.41, 5.74) is 1.25. The molecule has 1 heterocycles. The van der Waals surface area contributed by atoms with Gasteiger partial charge in [-0.05, 0) is 23.9 Å². The molecule has 4 heteroatoms. The fourth-order valence-electron chi connectivity index (χ4n) is 3.65. The van der Waals surface area contributed by atoms with E-state index in [9.17, 15) is 0 Å². The number of hydrogen-bond donors (Lipinski definition) is 0. The van der Waals surface area contributed by atoms with Crippen LogP contribution < -0.4 is 15.9 Å². The van der Waals surface area contributed by atoms with E-state index in [1.54, 1.807) is 0 Å². The van der Waals surface area contributed by atoms with Crippen LogP contribution in [-0.2, 0) is 24.2 Å². The number of hydrogen-bond acceptors (Lipinski definition) is 2. The van der Waals surface area contributed by atoms with Gasteiger partial charge >= 0.3 is 19.5 Å². The van der Waals surface area contributed by atoms with Gasteiger partial charge in [-0.2, -0.15) is 24.3 Å². The summed E-state index contributed by atoms with van der Waals surface area (Å²) in [7, 11) is -0.649. The molecule has 0 saturated carbocycles. The molecule has 2 nitrogen and oxygen atoms in total. The summed E-state index contributed by atoms with van der Waals surface area (Å²) < 4.78 is 6.06. The van der Waals surface area contributed by atoms with Gasteiger partial charge < -0.3 is 4.74 Å². The van der Waals surface area contributed by atoms with Crippen LogP contribution in [0.15, 0.2) is 114 Å². The number of aliphatic imine (C=N–C) groups is 1. The van der Waals surface area contributed by atoms with Crippen LogP contribution in [-0.4, -0.2) is 18.5 Å². The monoisotopic (exact) mass is 541 g/mol.